The number of H-pyrrole nitrogens is 1. The number of anilines is 3. The number of aromatic amines is 1. The van der Waals surface area contributed by atoms with Gasteiger partial charge < -0.3 is 29.8 Å². The Morgan fingerprint density at radius 3 is 2.75 bits per heavy atom. The first-order chi connectivity index (χ1) is 15.2. The van der Waals surface area contributed by atoms with E-state index >= 15 is 0 Å². The molecular formula is C25H34N6O. The van der Waals surface area contributed by atoms with Crippen LogP contribution in [0.1, 0.15) is 26.3 Å². The molecule has 2 aromatic heterocycles. The largest absolute Gasteiger partial charge is 0.377 e. The predicted molar refractivity (Wildman–Crippen MR) is 133 cm³/mol. The summed E-state index contributed by atoms with van der Waals surface area (Å²) >= 11 is 0. The van der Waals surface area contributed by atoms with E-state index in [2.05, 4.69) is 95.2 Å². The van der Waals surface area contributed by atoms with Crippen molar-refractivity contribution in [2.45, 2.75) is 38.9 Å². The van der Waals surface area contributed by atoms with Crippen LogP contribution in [0.25, 0.3) is 10.9 Å². The van der Waals surface area contributed by atoms with Crippen molar-refractivity contribution in [3.63, 3.8) is 0 Å². The number of fused-ring (bicyclic) bond motifs is 1. The number of nitrogens with one attached hydrogen (secondary N) is 2. The fourth-order valence-electron chi connectivity index (χ4n) is 4.35. The third-order valence-corrected chi connectivity index (χ3v) is 5.65. The summed E-state index contributed by atoms with van der Waals surface area (Å²) in [5, 5.41) is 4.71. The first kappa shape index (κ1) is 22.1. The minimum Gasteiger partial charge on any atom is -0.377 e. The molecule has 4 rings (SSSR count). The van der Waals surface area contributed by atoms with Crippen LogP contribution < -0.4 is 15.1 Å². The van der Waals surface area contributed by atoms with Gasteiger partial charge in [-0.1, -0.05) is 12.1 Å². The van der Waals surface area contributed by atoms with Gasteiger partial charge in [0.25, 0.3) is 0 Å². The summed E-state index contributed by atoms with van der Waals surface area (Å²) in [5.74, 6) is 1.90. The molecule has 0 aliphatic carbocycles. The van der Waals surface area contributed by atoms with Crippen LogP contribution in [0.15, 0.2) is 42.6 Å². The third kappa shape index (κ3) is 4.88. The average Bonchev–Trinajstić information content (AvgIpc) is 3.15. The molecular weight excluding hydrogens is 400 g/mol. The first-order valence-electron chi connectivity index (χ1n) is 11.2. The zero-order chi connectivity index (χ0) is 22.9. The maximum absolute atomic E-state index is 12.1. The van der Waals surface area contributed by atoms with Crippen LogP contribution in [0, 0.1) is 0 Å². The summed E-state index contributed by atoms with van der Waals surface area (Å²) in [6.45, 7) is 9.44. The van der Waals surface area contributed by atoms with Gasteiger partial charge in [-0.3, -0.25) is 0 Å². The van der Waals surface area contributed by atoms with Gasteiger partial charge in [0.1, 0.15) is 18.1 Å². The molecule has 3 heterocycles. The molecule has 1 aliphatic heterocycles. The molecule has 0 amide bonds. The third-order valence-electron chi connectivity index (χ3n) is 5.65. The summed E-state index contributed by atoms with van der Waals surface area (Å²) in [6, 6.07) is 12.4. The molecule has 0 spiro atoms. The highest BCUT2D eigenvalue weighted by Gasteiger charge is 2.30. The van der Waals surface area contributed by atoms with Crippen molar-refractivity contribution in [1.82, 2.24) is 14.9 Å². The van der Waals surface area contributed by atoms with E-state index in [0.717, 1.165) is 54.1 Å². The second kappa shape index (κ2) is 8.82. The standard InChI is InChI=1S/C25H34N6O/c1-25(2,3)28-21-7-6-10-26-24(21)30-11-12-31(20(16-30)17-32)23-14-19-9-8-18(15-29(4)5)13-22(19)27-23/h6-10,13-14,17,20,27-28H,11-12,15-16H2,1-5H3. The predicted octanol–water partition coefficient (Wildman–Crippen LogP) is 3.73. The van der Waals surface area contributed by atoms with Crippen molar-refractivity contribution in [3.05, 3.63) is 48.2 Å². The van der Waals surface area contributed by atoms with Crippen molar-refractivity contribution < 1.29 is 4.79 Å². The van der Waals surface area contributed by atoms with Crippen LogP contribution in [0.3, 0.4) is 0 Å². The van der Waals surface area contributed by atoms with Crippen LogP contribution in [-0.2, 0) is 11.3 Å². The van der Waals surface area contributed by atoms with Crippen molar-refractivity contribution in [2.75, 3.05) is 48.8 Å². The molecule has 0 bridgehead atoms. The summed E-state index contributed by atoms with van der Waals surface area (Å²) in [5.41, 5.74) is 3.30. The number of rotatable bonds is 6. The number of benzene rings is 1. The second-order valence-corrected chi connectivity index (χ2v) is 9.91. The number of nitrogens with zero attached hydrogens (tertiary/aromatic N) is 4. The Hall–Kier alpha value is -3.06. The minimum atomic E-state index is -0.248. The Morgan fingerprint density at radius 2 is 2.03 bits per heavy atom. The van der Waals surface area contributed by atoms with Crippen LogP contribution in [0.4, 0.5) is 17.3 Å². The number of aldehydes is 1. The molecule has 1 fully saturated rings. The lowest BCUT2D eigenvalue weighted by Gasteiger charge is -2.41. The van der Waals surface area contributed by atoms with Crippen molar-refractivity contribution in [2.24, 2.45) is 0 Å². The van der Waals surface area contributed by atoms with Gasteiger partial charge >= 0.3 is 0 Å². The lowest BCUT2D eigenvalue weighted by Crippen LogP contribution is -2.54. The van der Waals surface area contributed by atoms with Gasteiger partial charge in [-0.25, -0.2) is 4.98 Å². The zero-order valence-electron chi connectivity index (χ0n) is 19.7. The van der Waals surface area contributed by atoms with Gasteiger partial charge in [0.05, 0.1) is 5.69 Å². The average molecular weight is 435 g/mol. The summed E-state index contributed by atoms with van der Waals surface area (Å²) in [7, 11) is 4.14. The van der Waals surface area contributed by atoms with E-state index in [9.17, 15) is 4.79 Å². The quantitative estimate of drug-likeness (QED) is 0.577. The van der Waals surface area contributed by atoms with Gasteiger partial charge in [-0.15, -0.1) is 0 Å². The maximum Gasteiger partial charge on any atom is 0.152 e. The number of aromatic nitrogens is 2. The van der Waals surface area contributed by atoms with E-state index in [4.69, 9.17) is 0 Å². The molecule has 1 aliphatic rings. The number of piperazine rings is 1. The van der Waals surface area contributed by atoms with Gasteiger partial charge in [-0.05, 0) is 64.7 Å². The Bertz CT molecular complexity index is 1080. The topological polar surface area (TPSA) is 67.5 Å². The smallest absolute Gasteiger partial charge is 0.152 e. The number of pyridine rings is 1. The molecule has 7 heteroatoms. The minimum absolute atomic E-state index is 0.0700. The molecule has 7 nitrogen and oxygen atoms in total. The Kier molecular flexibility index (Phi) is 6.11. The Balaban J connectivity index is 1.55. The highest BCUT2D eigenvalue weighted by molar-refractivity contribution is 5.85. The monoisotopic (exact) mass is 434 g/mol. The van der Waals surface area contributed by atoms with E-state index in [-0.39, 0.29) is 11.6 Å². The van der Waals surface area contributed by atoms with E-state index < -0.39 is 0 Å². The molecule has 0 saturated carbocycles. The molecule has 2 N–H and O–H groups in total. The summed E-state index contributed by atoms with van der Waals surface area (Å²) in [6.07, 6.45) is 2.86. The van der Waals surface area contributed by atoms with Crippen LogP contribution >= 0.6 is 0 Å². The molecule has 1 atom stereocenters. The number of hydrogen-bond acceptors (Lipinski definition) is 6. The van der Waals surface area contributed by atoms with E-state index in [0.29, 0.717) is 6.54 Å². The highest BCUT2D eigenvalue weighted by atomic mass is 16.1. The number of carbonyl (C=O) groups excluding carboxylic acids is 1. The SMILES string of the molecule is CN(C)Cc1ccc2cc(N3CCN(c4ncccc4NC(C)(C)C)CC3C=O)[nH]c2c1. The molecule has 3 aromatic rings. The summed E-state index contributed by atoms with van der Waals surface area (Å²) < 4.78 is 0. The number of hydrogen-bond donors (Lipinski definition) is 2. The lowest BCUT2D eigenvalue weighted by molar-refractivity contribution is -0.109. The van der Waals surface area contributed by atoms with Gasteiger partial charge in [0.2, 0.25) is 0 Å². The van der Waals surface area contributed by atoms with E-state index in [1.54, 1.807) is 0 Å². The Labute approximate surface area is 190 Å². The lowest BCUT2D eigenvalue weighted by atomic mass is 10.1. The zero-order valence-corrected chi connectivity index (χ0v) is 19.7. The highest BCUT2D eigenvalue weighted by Crippen LogP contribution is 2.30. The molecule has 1 aromatic carbocycles. The molecule has 1 saturated heterocycles. The fraction of sp³-hybridized carbons (Fsp3) is 0.440. The first-order valence-corrected chi connectivity index (χ1v) is 11.2. The normalized spacial score (nSPS) is 17.2. The van der Waals surface area contributed by atoms with E-state index in [1.165, 1.54) is 5.56 Å². The van der Waals surface area contributed by atoms with E-state index in [1.807, 2.05) is 12.3 Å². The molecule has 1 unspecified atom stereocenters. The molecule has 0 radical (unpaired) electrons. The van der Waals surface area contributed by atoms with Gasteiger partial charge in [0.15, 0.2) is 5.82 Å². The Morgan fingerprint density at radius 1 is 1.22 bits per heavy atom. The second-order valence-electron chi connectivity index (χ2n) is 9.91. The van der Waals surface area contributed by atoms with Crippen LogP contribution in [0.5, 0.6) is 0 Å². The summed E-state index contributed by atoms with van der Waals surface area (Å²) in [4.78, 5) is 26.8. The maximum atomic E-state index is 12.1. The van der Waals surface area contributed by atoms with Gasteiger partial charge in [-0.2, -0.15) is 0 Å². The van der Waals surface area contributed by atoms with Crippen molar-refractivity contribution in [1.29, 1.82) is 0 Å². The van der Waals surface area contributed by atoms with Crippen LogP contribution in [0.2, 0.25) is 0 Å². The fourth-order valence-corrected chi connectivity index (χ4v) is 4.35. The van der Waals surface area contributed by atoms with Crippen LogP contribution in [-0.4, -0.2) is 66.5 Å². The van der Waals surface area contributed by atoms with Crippen molar-refractivity contribution >= 4 is 34.5 Å². The van der Waals surface area contributed by atoms with Crippen molar-refractivity contribution in [3.8, 4) is 0 Å². The van der Waals surface area contributed by atoms with Gasteiger partial charge in [0, 0.05) is 48.8 Å². The number of carbonyl (C=O) groups is 1. The molecule has 170 valence electrons. The molecule has 32 heavy (non-hydrogen) atoms.